The first-order chi connectivity index (χ1) is 12.4. The fraction of sp³-hybridized carbons (Fsp3) is 0.520. The van der Waals surface area contributed by atoms with Crippen LogP contribution >= 0.6 is 0 Å². The van der Waals surface area contributed by atoms with Crippen LogP contribution in [0.1, 0.15) is 89.3 Å². The predicted octanol–water partition coefficient (Wildman–Crippen LogP) is 6.70. The highest BCUT2D eigenvalue weighted by molar-refractivity contribution is 5.70. The number of hydrogen-bond donors (Lipinski definition) is 0. The van der Waals surface area contributed by atoms with Gasteiger partial charge in [0.25, 0.3) is 0 Å². The average molecular weight is 348 g/mol. The van der Waals surface area contributed by atoms with Crippen LogP contribution in [0, 0.1) is 11.8 Å². The van der Waals surface area contributed by atoms with Crippen molar-refractivity contribution in [3.05, 3.63) is 52.2 Å². The topological polar surface area (TPSA) is 3.24 Å². The summed E-state index contributed by atoms with van der Waals surface area (Å²) in [5.41, 5.74) is 8.92. The summed E-state index contributed by atoms with van der Waals surface area (Å²) >= 11 is 0. The molecule has 0 saturated heterocycles. The third-order valence-electron chi connectivity index (χ3n) is 5.53. The van der Waals surface area contributed by atoms with Gasteiger partial charge >= 0.3 is 0 Å². The molecule has 138 valence electrons. The molecule has 0 aromatic heterocycles. The second-order valence-corrected chi connectivity index (χ2v) is 8.47. The van der Waals surface area contributed by atoms with Crippen molar-refractivity contribution in [1.29, 1.82) is 0 Å². The SMILES string of the molecule is CC(C)c1ccc2c(c1C(C)C)N(C(C)C)C1=C(CC#CC/C=C\1)CC2. The van der Waals surface area contributed by atoms with E-state index in [1.54, 1.807) is 5.56 Å². The third kappa shape index (κ3) is 3.48. The highest BCUT2D eigenvalue weighted by Crippen LogP contribution is 2.43. The number of fused-ring (bicyclic) bond motifs is 1. The minimum absolute atomic E-state index is 0.425. The summed E-state index contributed by atoms with van der Waals surface area (Å²) in [6.45, 7) is 14.0. The molecule has 1 aromatic carbocycles. The molecule has 1 nitrogen and oxygen atoms in total. The molecule has 1 aliphatic heterocycles. The minimum Gasteiger partial charge on any atom is -0.338 e. The van der Waals surface area contributed by atoms with E-state index in [1.165, 1.54) is 28.1 Å². The van der Waals surface area contributed by atoms with E-state index in [0.717, 1.165) is 25.7 Å². The Morgan fingerprint density at radius 2 is 1.69 bits per heavy atom. The van der Waals surface area contributed by atoms with E-state index in [9.17, 15) is 0 Å². The van der Waals surface area contributed by atoms with Crippen molar-refractivity contribution in [3.63, 3.8) is 0 Å². The summed E-state index contributed by atoms with van der Waals surface area (Å²) in [5, 5.41) is 0. The predicted molar refractivity (Wildman–Crippen MR) is 114 cm³/mol. The van der Waals surface area contributed by atoms with Crippen molar-refractivity contribution in [2.75, 3.05) is 4.90 Å². The zero-order valence-electron chi connectivity index (χ0n) is 17.3. The Morgan fingerprint density at radius 3 is 2.35 bits per heavy atom. The molecule has 0 N–H and O–H groups in total. The zero-order chi connectivity index (χ0) is 18.8. The standard InChI is InChI=1S/C25H33N/c1-17(2)22-16-15-21-14-13-20-11-9-7-8-10-12-23(20)26(19(5)6)25(21)24(22)18(3)4/h10,12,15-19H,8,11,13-14H2,1-6H3/b12-10-. The fourth-order valence-corrected chi connectivity index (χ4v) is 4.35. The summed E-state index contributed by atoms with van der Waals surface area (Å²) in [4.78, 5) is 2.61. The molecule has 3 rings (SSSR count). The molecular formula is C25H33N. The van der Waals surface area contributed by atoms with Crippen molar-refractivity contribution < 1.29 is 0 Å². The largest absolute Gasteiger partial charge is 0.338 e. The fourth-order valence-electron chi connectivity index (χ4n) is 4.35. The molecule has 1 heteroatoms. The second kappa shape index (κ2) is 7.75. The maximum Gasteiger partial charge on any atom is 0.0483 e. The van der Waals surface area contributed by atoms with Gasteiger partial charge in [-0.2, -0.15) is 0 Å². The summed E-state index contributed by atoms with van der Waals surface area (Å²) in [6.07, 6.45) is 8.57. The molecule has 0 atom stereocenters. The Morgan fingerprint density at radius 1 is 0.923 bits per heavy atom. The van der Waals surface area contributed by atoms with Gasteiger partial charge in [-0.25, -0.2) is 0 Å². The number of aryl methyl sites for hydroxylation is 1. The van der Waals surface area contributed by atoms with Crippen LogP contribution in [0.4, 0.5) is 5.69 Å². The molecule has 0 spiro atoms. The van der Waals surface area contributed by atoms with Gasteiger partial charge in [0.05, 0.1) is 0 Å². The number of anilines is 1. The first kappa shape index (κ1) is 18.8. The third-order valence-corrected chi connectivity index (χ3v) is 5.53. The van der Waals surface area contributed by atoms with E-state index in [1.807, 2.05) is 0 Å². The summed E-state index contributed by atoms with van der Waals surface area (Å²) in [5.74, 6) is 7.71. The number of allylic oxidation sites excluding steroid dienone is 3. The maximum atomic E-state index is 3.38. The molecule has 0 fully saturated rings. The highest BCUT2D eigenvalue weighted by atomic mass is 15.2. The first-order valence-electron chi connectivity index (χ1n) is 10.2. The molecule has 2 aliphatic rings. The van der Waals surface area contributed by atoms with Crippen molar-refractivity contribution in [1.82, 2.24) is 0 Å². The number of nitrogens with zero attached hydrogens (tertiary/aromatic N) is 1. The minimum atomic E-state index is 0.425. The molecule has 1 heterocycles. The van der Waals surface area contributed by atoms with Gasteiger partial charge in [-0.3, -0.25) is 0 Å². The van der Waals surface area contributed by atoms with Crippen LogP contribution < -0.4 is 4.90 Å². The van der Waals surface area contributed by atoms with Gasteiger partial charge in [-0.05, 0) is 66.9 Å². The number of rotatable bonds is 3. The summed E-state index contributed by atoms with van der Waals surface area (Å²) in [6, 6.07) is 5.20. The Bertz CT molecular complexity index is 793. The van der Waals surface area contributed by atoms with E-state index in [0.29, 0.717) is 17.9 Å². The van der Waals surface area contributed by atoms with Crippen LogP contribution in [0.5, 0.6) is 0 Å². The maximum absolute atomic E-state index is 3.38. The summed E-state index contributed by atoms with van der Waals surface area (Å²) < 4.78 is 0. The molecule has 1 aliphatic carbocycles. The van der Waals surface area contributed by atoms with Crippen LogP contribution in [-0.4, -0.2) is 6.04 Å². The van der Waals surface area contributed by atoms with Crippen molar-refractivity contribution in [3.8, 4) is 11.8 Å². The molecule has 0 saturated carbocycles. The smallest absolute Gasteiger partial charge is 0.0483 e. The molecule has 0 amide bonds. The van der Waals surface area contributed by atoms with E-state index in [4.69, 9.17) is 0 Å². The Hall–Kier alpha value is -1.94. The molecular weight excluding hydrogens is 314 g/mol. The van der Waals surface area contributed by atoms with Gasteiger partial charge in [-0.1, -0.05) is 57.7 Å². The van der Waals surface area contributed by atoms with Crippen LogP contribution in [0.25, 0.3) is 0 Å². The van der Waals surface area contributed by atoms with Crippen LogP contribution in [0.15, 0.2) is 35.6 Å². The van der Waals surface area contributed by atoms with Crippen molar-refractivity contribution in [2.24, 2.45) is 0 Å². The van der Waals surface area contributed by atoms with Crippen molar-refractivity contribution >= 4 is 5.69 Å². The van der Waals surface area contributed by atoms with Crippen molar-refractivity contribution in [2.45, 2.75) is 85.1 Å². The van der Waals surface area contributed by atoms with Gasteiger partial charge in [-0.15, -0.1) is 0 Å². The average Bonchev–Trinajstić information content (AvgIpc) is 2.70. The van der Waals surface area contributed by atoms with Gasteiger partial charge in [0.15, 0.2) is 0 Å². The first-order valence-corrected chi connectivity index (χ1v) is 10.2. The second-order valence-electron chi connectivity index (χ2n) is 8.47. The van der Waals surface area contributed by atoms with Gasteiger partial charge in [0.1, 0.15) is 0 Å². The lowest BCUT2D eigenvalue weighted by atomic mass is 9.86. The molecule has 0 unspecified atom stereocenters. The van der Waals surface area contributed by atoms with E-state index >= 15 is 0 Å². The van der Waals surface area contributed by atoms with Crippen LogP contribution in [0.3, 0.4) is 0 Å². The monoisotopic (exact) mass is 347 g/mol. The molecule has 0 radical (unpaired) electrons. The lowest BCUT2D eigenvalue weighted by Crippen LogP contribution is -2.32. The van der Waals surface area contributed by atoms with Gasteiger partial charge in [0.2, 0.25) is 0 Å². The van der Waals surface area contributed by atoms with Crippen LogP contribution in [-0.2, 0) is 6.42 Å². The van der Waals surface area contributed by atoms with E-state index in [-0.39, 0.29) is 0 Å². The highest BCUT2D eigenvalue weighted by Gasteiger charge is 2.28. The molecule has 26 heavy (non-hydrogen) atoms. The van der Waals surface area contributed by atoms with Crippen LogP contribution in [0.2, 0.25) is 0 Å². The van der Waals surface area contributed by atoms with E-state index in [2.05, 4.69) is 82.6 Å². The Kier molecular flexibility index (Phi) is 5.61. The number of hydrogen-bond acceptors (Lipinski definition) is 1. The number of benzene rings is 1. The Labute approximate surface area is 160 Å². The van der Waals surface area contributed by atoms with Gasteiger partial charge < -0.3 is 4.90 Å². The molecule has 1 aromatic rings. The Balaban J connectivity index is 2.29. The molecule has 0 bridgehead atoms. The summed E-state index contributed by atoms with van der Waals surface area (Å²) in [7, 11) is 0. The van der Waals surface area contributed by atoms with Gasteiger partial charge in [0, 0.05) is 30.3 Å². The normalized spacial score (nSPS) is 18.1. The zero-order valence-corrected chi connectivity index (χ0v) is 17.3. The lowest BCUT2D eigenvalue weighted by molar-refractivity contribution is 0.731. The van der Waals surface area contributed by atoms with E-state index < -0.39 is 0 Å². The lowest BCUT2D eigenvalue weighted by Gasteiger charge is -2.36. The quantitative estimate of drug-likeness (QED) is 0.550.